The van der Waals surface area contributed by atoms with E-state index in [4.69, 9.17) is 9.97 Å². The van der Waals surface area contributed by atoms with Gasteiger partial charge in [0.25, 0.3) is 0 Å². The molecule has 0 fully saturated rings. The Labute approximate surface area is 317 Å². The van der Waals surface area contributed by atoms with E-state index in [0.29, 0.717) is 0 Å². The van der Waals surface area contributed by atoms with E-state index >= 15 is 0 Å². The molecule has 3 heteroatoms. The van der Waals surface area contributed by atoms with Crippen molar-refractivity contribution in [2.75, 3.05) is 0 Å². The topological polar surface area (TPSA) is 25.8 Å². The van der Waals surface area contributed by atoms with Crippen LogP contribution in [0.4, 0.5) is 0 Å². The largest absolute Gasteiger partial charge is 0.247 e. The van der Waals surface area contributed by atoms with Crippen LogP contribution in [0.1, 0.15) is 22.3 Å². The number of hydrogen-bond acceptors (Lipinski definition) is 3. The number of benzene rings is 8. The summed E-state index contributed by atoms with van der Waals surface area (Å²) in [4.78, 5) is 10.3. The van der Waals surface area contributed by atoms with E-state index in [2.05, 4.69) is 188 Å². The highest BCUT2D eigenvalue weighted by molar-refractivity contribution is 7.21. The Balaban J connectivity index is 1.12. The number of fused-ring (bicyclic) bond motifs is 8. The van der Waals surface area contributed by atoms with E-state index in [-0.39, 0.29) is 0 Å². The maximum atomic E-state index is 5.41. The second kappa shape index (κ2) is 12.2. The summed E-state index contributed by atoms with van der Waals surface area (Å²) in [6.45, 7) is 0. The molecule has 11 rings (SSSR count). The van der Waals surface area contributed by atoms with E-state index in [1.807, 2.05) is 6.07 Å². The third-order valence-electron chi connectivity index (χ3n) is 11.2. The van der Waals surface area contributed by atoms with Crippen LogP contribution in [-0.4, -0.2) is 9.97 Å². The average molecular weight is 705 g/mol. The lowest BCUT2D eigenvalue weighted by Gasteiger charge is -2.34. The number of aromatic nitrogens is 2. The molecule has 0 unspecified atom stereocenters. The van der Waals surface area contributed by atoms with Crippen LogP contribution in [0.2, 0.25) is 0 Å². The third-order valence-corrected chi connectivity index (χ3v) is 12.3. The monoisotopic (exact) mass is 704 g/mol. The first-order chi connectivity index (χ1) is 26.8. The minimum absolute atomic E-state index is 0.468. The van der Waals surface area contributed by atoms with Crippen LogP contribution < -0.4 is 0 Å². The van der Waals surface area contributed by atoms with Crippen molar-refractivity contribution in [3.05, 3.63) is 216 Å². The molecule has 252 valence electrons. The molecule has 0 bridgehead atoms. The Morgan fingerprint density at radius 1 is 0.407 bits per heavy atom. The molecule has 0 N–H and O–H groups in total. The van der Waals surface area contributed by atoms with Gasteiger partial charge in [0.2, 0.25) is 0 Å². The summed E-state index contributed by atoms with van der Waals surface area (Å²) >= 11 is 1.74. The first kappa shape index (κ1) is 30.9. The zero-order valence-corrected chi connectivity index (χ0v) is 30.1. The van der Waals surface area contributed by atoms with Crippen molar-refractivity contribution in [3.63, 3.8) is 0 Å². The second-order valence-electron chi connectivity index (χ2n) is 14.1. The Morgan fingerprint density at radius 3 is 1.83 bits per heavy atom. The van der Waals surface area contributed by atoms with E-state index < -0.39 is 5.41 Å². The number of rotatable bonds is 5. The Morgan fingerprint density at radius 2 is 1.06 bits per heavy atom. The Hall–Kier alpha value is -6.68. The molecule has 0 saturated carbocycles. The summed E-state index contributed by atoms with van der Waals surface area (Å²) in [6, 6.07) is 70.4. The normalized spacial score (nSPS) is 13.0. The number of pyridine rings is 1. The van der Waals surface area contributed by atoms with Crippen molar-refractivity contribution < 1.29 is 0 Å². The highest BCUT2D eigenvalue weighted by atomic mass is 32.1. The van der Waals surface area contributed by atoms with Crippen LogP contribution in [-0.2, 0) is 5.41 Å². The maximum absolute atomic E-state index is 5.41. The fourth-order valence-electron chi connectivity index (χ4n) is 8.84. The highest BCUT2D eigenvalue weighted by Crippen LogP contribution is 2.58. The fraction of sp³-hybridized carbons (Fsp3) is 0.0196. The van der Waals surface area contributed by atoms with Gasteiger partial charge in [0.1, 0.15) is 5.01 Å². The molecule has 0 atom stereocenters. The predicted octanol–water partition coefficient (Wildman–Crippen LogP) is 13.4. The van der Waals surface area contributed by atoms with Crippen molar-refractivity contribution in [2.45, 2.75) is 5.41 Å². The quantitative estimate of drug-likeness (QED) is 0.167. The number of hydrogen-bond donors (Lipinski definition) is 0. The van der Waals surface area contributed by atoms with Crippen molar-refractivity contribution >= 4 is 43.2 Å². The summed E-state index contributed by atoms with van der Waals surface area (Å²) in [5, 5.41) is 4.62. The van der Waals surface area contributed by atoms with E-state index in [1.54, 1.807) is 11.3 Å². The van der Waals surface area contributed by atoms with Gasteiger partial charge in [0.15, 0.2) is 0 Å². The standard InChI is InChI=1S/C51H32N2S/c1-3-16-37(17-4-1)51(38-18-5-2-6-19-38)42-22-9-7-20-39(42)48-43(51)31-30-41-47(48)40-21-8-10-23-44(40)52-49(41)36-15-13-14-35(32-36)33-26-28-34(29-27-33)50-53-45-24-11-12-25-46(45)54-50/h1-32H. The molecule has 10 aromatic rings. The summed E-state index contributed by atoms with van der Waals surface area (Å²) in [6.07, 6.45) is 0. The van der Waals surface area contributed by atoms with Gasteiger partial charge in [-0.3, -0.25) is 0 Å². The zero-order chi connectivity index (χ0) is 35.6. The highest BCUT2D eigenvalue weighted by Gasteiger charge is 2.46. The summed E-state index contributed by atoms with van der Waals surface area (Å²) in [5.74, 6) is 0. The minimum atomic E-state index is -0.468. The molecule has 2 nitrogen and oxygen atoms in total. The number of nitrogens with zero attached hydrogens (tertiary/aromatic N) is 2. The molecular formula is C51H32N2S. The molecule has 0 aliphatic heterocycles. The Bertz CT molecular complexity index is 2960. The lowest BCUT2D eigenvalue weighted by molar-refractivity contribution is 0.769. The van der Waals surface area contributed by atoms with Crippen molar-refractivity contribution in [3.8, 4) is 44.1 Å². The van der Waals surface area contributed by atoms with Gasteiger partial charge in [-0.15, -0.1) is 11.3 Å². The molecule has 0 spiro atoms. The number of para-hydroxylation sites is 2. The van der Waals surface area contributed by atoms with Crippen molar-refractivity contribution in [1.29, 1.82) is 0 Å². The molecule has 2 aromatic heterocycles. The van der Waals surface area contributed by atoms with E-state index in [9.17, 15) is 0 Å². The van der Waals surface area contributed by atoms with Gasteiger partial charge in [0, 0.05) is 27.3 Å². The molecule has 2 heterocycles. The molecular weight excluding hydrogens is 673 g/mol. The lowest BCUT2D eigenvalue weighted by atomic mass is 9.67. The molecule has 0 saturated heterocycles. The van der Waals surface area contributed by atoms with Gasteiger partial charge in [-0.05, 0) is 68.8 Å². The zero-order valence-electron chi connectivity index (χ0n) is 29.3. The second-order valence-corrected chi connectivity index (χ2v) is 15.1. The molecule has 1 aliphatic carbocycles. The van der Waals surface area contributed by atoms with Gasteiger partial charge in [-0.25, -0.2) is 9.97 Å². The summed E-state index contributed by atoms with van der Waals surface area (Å²) < 4.78 is 1.21. The van der Waals surface area contributed by atoms with Gasteiger partial charge in [0.05, 0.1) is 26.8 Å². The van der Waals surface area contributed by atoms with Crippen LogP contribution in [0.25, 0.3) is 76.0 Å². The minimum Gasteiger partial charge on any atom is -0.247 e. The molecule has 1 aliphatic rings. The average Bonchev–Trinajstić information content (AvgIpc) is 3.82. The first-order valence-electron chi connectivity index (χ1n) is 18.4. The summed E-state index contributed by atoms with van der Waals surface area (Å²) in [5.41, 5.74) is 14.8. The smallest absolute Gasteiger partial charge is 0.124 e. The van der Waals surface area contributed by atoms with Crippen molar-refractivity contribution in [2.24, 2.45) is 0 Å². The molecule has 8 aromatic carbocycles. The lowest BCUT2D eigenvalue weighted by Crippen LogP contribution is -2.28. The SMILES string of the molecule is c1ccc(C2(c3ccccc3)c3ccccc3-c3c2ccc2c(-c4cccc(-c5ccc(-c6nc7ccccc7s6)cc5)c4)nc4ccccc4c32)cc1. The van der Waals surface area contributed by atoms with Crippen LogP contribution in [0.5, 0.6) is 0 Å². The predicted molar refractivity (Wildman–Crippen MR) is 226 cm³/mol. The molecule has 0 radical (unpaired) electrons. The van der Waals surface area contributed by atoms with Gasteiger partial charge in [-0.2, -0.15) is 0 Å². The Kier molecular flexibility index (Phi) is 6.98. The summed E-state index contributed by atoms with van der Waals surface area (Å²) in [7, 11) is 0. The van der Waals surface area contributed by atoms with E-state index in [1.165, 1.54) is 48.9 Å². The van der Waals surface area contributed by atoms with Crippen LogP contribution >= 0.6 is 11.3 Å². The van der Waals surface area contributed by atoms with Crippen molar-refractivity contribution in [1.82, 2.24) is 9.97 Å². The molecule has 0 amide bonds. The third kappa shape index (κ3) is 4.59. The van der Waals surface area contributed by atoms with E-state index in [0.717, 1.165) is 49.4 Å². The maximum Gasteiger partial charge on any atom is 0.124 e. The van der Waals surface area contributed by atoms with Crippen LogP contribution in [0.15, 0.2) is 194 Å². The van der Waals surface area contributed by atoms with Gasteiger partial charge >= 0.3 is 0 Å². The van der Waals surface area contributed by atoms with Gasteiger partial charge in [-0.1, -0.05) is 170 Å². The first-order valence-corrected chi connectivity index (χ1v) is 19.2. The molecule has 54 heavy (non-hydrogen) atoms. The van der Waals surface area contributed by atoms with Gasteiger partial charge < -0.3 is 0 Å². The number of thiazole rings is 1. The van der Waals surface area contributed by atoms with Crippen LogP contribution in [0, 0.1) is 0 Å². The fourth-order valence-corrected chi connectivity index (χ4v) is 9.81. The van der Waals surface area contributed by atoms with Crippen LogP contribution in [0.3, 0.4) is 0 Å².